The third-order valence-corrected chi connectivity index (χ3v) is 5.19. The van der Waals surface area contributed by atoms with E-state index in [0.717, 1.165) is 22.3 Å². The van der Waals surface area contributed by atoms with E-state index in [1.165, 1.54) is 41.2 Å². The second kappa shape index (κ2) is 5.27. The highest BCUT2D eigenvalue weighted by molar-refractivity contribution is 9.10. The summed E-state index contributed by atoms with van der Waals surface area (Å²) in [6.07, 6.45) is 3.72. The molecule has 0 radical (unpaired) electrons. The number of hydrogen-bond acceptors (Lipinski definition) is 3. The molecule has 1 aliphatic heterocycles. The molecule has 0 atom stereocenters. The fourth-order valence-corrected chi connectivity index (χ4v) is 4.59. The number of piperidine rings is 1. The molecule has 96 valence electrons. The summed E-state index contributed by atoms with van der Waals surface area (Å²) >= 11 is 5.48. The Morgan fingerprint density at radius 3 is 2.94 bits per heavy atom. The normalized spacial score (nSPS) is 17.4. The summed E-state index contributed by atoms with van der Waals surface area (Å²) in [6.45, 7) is 4.47. The van der Waals surface area contributed by atoms with E-state index < -0.39 is 0 Å². The second-order valence-electron chi connectivity index (χ2n) is 5.10. The van der Waals surface area contributed by atoms with Gasteiger partial charge in [-0.25, -0.2) is 4.98 Å². The number of thiazole rings is 1. The molecule has 0 spiro atoms. The van der Waals surface area contributed by atoms with Crippen molar-refractivity contribution in [2.24, 2.45) is 5.92 Å². The van der Waals surface area contributed by atoms with E-state index in [2.05, 4.69) is 40.3 Å². The number of hydrogen-bond donors (Lipinski definition) is 1. The molecule has 4 heteroatoms. The SMILES string of the molecule is Cc1cc(Br)c2nc(CC3CCNCC3)sc2c1. The molecule has 1 aromatic carbocycles. The monoisotopic (exact) mass is 324 g/mol. The van der Waals surface area contributed by atoms with Gasteiger partial charge < -0.3 is 5.32 Å². The lowest BCUT2D eigenvalue weighted by Gasteiger charge is -2.21. The minimum Gasteiger partial charge on any atom is -0.317 e. The minimum atomic E-state index is 0.812. The zero-order chi connectivity index (χ0) is 12.5. The van der Waals surface area contributed by atoms with E-state index >= 15 is 0 Å². The van der Waals surface area contributed by atoms with Crippen molar-refractivity contribution in [2.45, 2.75) is 26.2 Å². The second-order valence-corrected chi connectivity index (χ2v) is 7.07. The summed E-state index contributed by atoms with van der Waals surface area (Å²) < 4.78 is 2.44. The Kier molecular flexibility index (Phi) is 3.68. The predicted octanol–water partition coefficient (Wildman–Crippen LogP) is 3.91. The lowest BCUT2D eigenvalue weighted by Crippen LogP contribution is -2.28. The molecule has 2 aromatic rings. The highest BCUT2D eigenvalue weighted by Crippen LogP contribution is 2.31. The van der Waals surface area contributed by atoms with Gasteiger partial charge in [0.25, 0.3) is 0 Å². The average Bonchev–Trinajstić information content (AvgIpc) is 2.73. The van der Waals surface area contributed by atoms with E-state index in [9.17, 15) is 0 Å². The molecule has 2 heterocycles. The summed E-state index contributed by atoms with van der Waals surface area (Å²) in [5, 5.41) is 4.71. The van der Waals surface area contributed by atoms with Gasteiger partial charge in [-0.2, -0.15) is 0 Å². The minimum absolute atomic E-state index is 0.812. The van der Waals surface area contributed by atoms with Crippen LogP contribution in [0.25, 0.3) is 10.2 Å². The van der Waals surface area contributed by atoms with E-state index in [-0.39, 0.29) is 0 Å². The van der Waals surface area contributed by atoms with Crippen LogP contribution in [0.2, 0.25) is 0 Å². The smallest absolute Gasteiger partial charge is 0.0957 e. The molecule has 1 aromatic heterocycles. The Balaban J connectivity index is 1.86. The maximum atomic E-state index is 4.80. The van der Waals surface area contributed by atoms with Crippen molar-refractivity contribution in [2.75, 3.05) is 13.1 Å². The third kappa shape index (κ3) is 2.60. The lowest BCUT2D eigenvalue weighted by molar-refractivity contribution is 0.372. The van der Waals surface area contributed by atoms with Gasteiger partial charge in [0.1, 0.15) is 0 Å². The Bertz CT molecular complexity index is 558. The van der Waals surface area contributed by atoms with Crippen LogP contribution in [-0.2, 0) is 6.42 Å². The van der Waals surface area contributed by atoms with Crippen LogP contribution in [0, 0.1) is 12.8 Å². The molecule has 1 saturated heterocycles. The number of aryl methyl sites for hydroxylation is 1. The number of halogens is 1. The Hall–Kier alpha value is -0.450. The molecular formula is C14H17BrN2S. The van der Waals surface area contributed by atoms with Gasteiger partial charge in [0.15, 0.2) is 0 Å². The van der Waals surface area contributed by atoms with Gasteiger partial charge in [-0.05, 0) is 72.4 Å². The topological polar surface area (TPSA) is 24.9 Å². The molecule has 3 rings (SSSR count). The summed E-state index contributed by atoms with van der Waals surface area (Å²) in [6, 6.07) is 4.39. The Labute approximate surface area is 120 Å². The van der Waals surface area contributed by atoms with Crippen molar-refractivity contribution in [3.63, 3.8) is 0 Å². The standard InChI is InChI=1S/C14H17BrN2S/c1-9-6-11(15)14-12(7-9)18-13(17-14)8-10-2-4-16-5-3-10/h6-7,10,16H,2-5,8H2,1H3. The number of nitrogens with one attached hydrogen (secondary N) is 1. The van der Waals surface area contributed by atoms with Crippen LogP contribution < -0.4 is 5.32 Å². The molecule has 1 aliphatic rings. The van der Waals surface area contributed by atoms with Gasteiger partial charge in [-0.15, -0.1) is 11.3 Å². The average molecular weight is 325 g/mol. The van der Waals surface area contributed by atoms with E-state index in [0.29, 0.717) is 0 Å². The van der Waals surface area contributed by atoms with Gasteiger partial charge in [0, 0.05) is 10.9 Å². The lowest BCUT2D eigenvalue weighted by atomic mass is 9.95. The van der Waals surface area contributed by atoms with Gasteiger partial charge in [-0.3, -0.25) is 0 Å². The Morgan fingerprint density at radius 1 is 1.39 bits per heavy atom. The predicted molar refractivity (Wildman–Crippen MR) is 81.4 cm³/mol. The Morgan fingerprint density at radius 2 is 2.17 bits per heavy atom. The fraction of sp³-hybridized carbons (Fsp3) is 0.500. The third-order valence-electron chi connectivity index (χ3n) is 3.56. The summed E-state index contributed by atoms with van der Waals surface area (Å²) in [7, 11) is 0. The molecule has 0 bridgehead atoms. The van der Waals surface area contributed by atoms with Crippen molar-refractivity contribution in [3.8, 4) is 0 Å². The highest BCUT2D eigenvalue weighted by atomic mass is 79.9. The maximum absolute atomic E-state index is 4.80. The van der Waals surface area contributed by atoms with Crippen LogP contribution in [0.5, 0.6) is 0 Å². The van der Waals surface area contributed by atoms with Crippen LogP contribution in [0.4, 0.5) is 0 Å². The van der Waals surface area contributed by atoms with Crippen molar-refractivity contribution in [1.29, 1.82) is 0 Å². The van der Waals surface area contributed by atoms with E-state index in [1.54, 1.807) is 0 Å². The zero-order valence-corrected chi connectivity index (χ0v) is 12.9. The number of rotatable bonds is 2. The quantitative estimate of drug-likeness (QED) is 0.905. The summed E-state index contributed by atoms with van der Waals surface area (Å²) in [4.78, 5) is 4.80. The van der Waals surface area contributed by atoms with E-state index in [1.807, 2.05) is 11.3 Å². The molecule has 0 unspecified atom stereocenters. The van der Waals surface area contributed by atoms with Gasteiger partial charge in [0.2, 0.25) is 0 Å². The summed E-state index contributed by atoms with van der Waals surface area (Å²) in [5.41, 5.74) is 2.43. The largest absolute Gasteiger partial charge is 0.317 e. The molecule has 0 aliphatic carbocycles. The molecule has 1 fully saturated rings. The van der Waals surface area contributed by atoms with Crippen LogP contribution in [-0.4, -0.2) is 18.1 Å². The number of nitrogens with zero attached hydrogens (tertiary/aromatic N) is 1. The van der Waals surface area contributed by atoms with Crippen molar-refractivity contribution in [3.05, 3.63) is 27.2 Å². The summed E-state index contributed by atoms with van der Waals surface area (Å²) in [5.74, 6) is 0.812. The zero-order valence-electron chi connectivity index (χ0n) is 10.5. The molecule has 1 N–H and O–H groups in total. The van der Waals surface area contributed by atoms with Crippen molar-refractivity contribution >= 4 is 37.5 Å². The first kappa shape index (κ1) is 12.6. The fourth-order valence-electron chi connectivity index (χ4n) is 2.58. The van der Waals surface area contributed by atoms with Crippen LogP contribution >= 0.6 is 27.3 Å². The molecule has 0 saturated carbocycles. The molecule has 0 amide bonds. The van der Waals surface area contributed by atoms with Crippen molar-refractivity contribution in [1.82, 2.24) is 10.3 Å². The number of fused-ring (bicyclic) bond motifs is 1. The van der Waals surface area contributed by atoms with Gasteiger partial charge in [-0.1, -0.05) is 0 Å². The van der Waals surface area contributed by atoms with Gasteiger partial charge in [0.05, 0.1) is 15.2 Å². The number of benzene rings is 1. The number of aromatic nitrogens is 1. The van der Waals surface area contributed by atoms with Crippen LogP contribution in [0.3, 0.4) is 0 Å². The first-order valence-electron chi connectivity index (χ1n) is 6.48. The molecular weight excluding hydrogens is 308 g/mol. The van der Waals surface area contributed by atoms with Crippen LogP contribution in [0.15, 0.2) is 16.6 Å². The first-order chi connectivity index (χ1) is 8.72. The molecule has 2 nitrogen and oxygen atoms in total. The van der Waals surface area contributed by atoms with Crippen molar-refractivity contribution < 1.29 is 0 Å². The highest BCUT2D eigenvalue weighted by Gasteiger charge is 2.16. The van der Waals surface area contributed by atoms with Gasteiger partial charge >= 0.3 is 0 Å². The first-order valence-corrected chi connectivity index (χ1v) is 8.09. The molecule has 18 heavy (non-hydrogen) atoms. The van der Waals surface area contributed by atoms with E-state index in [4.69, 9.17) is 4.98 Å². The maximum Gasteiger partial charge on any atom is 0.0957 e. The van der Waals surface area contributed by atoms with Crippen LogP contribution in [0.1, 0.15) is 23.4 Å².